The third-order valence-corrected chi connectivity index (χ3v) is 18.0. The quantitative estimate of drug-likeness (QED) is 0.0517. The van der Waals surface area contributed by atoms with Crippen LogP contribution in [0.3, 0.4) is 0 Å². The molecule has 26 nitrogen and oxygen atoms in total. The normalized spacial score (nSPS) is 13.6. The lowest BCUT2D eigenvalue weighted by Crippen LogP contribution is -2.44. The van der Waals surface area contributed by atoms with E-state index in [0.717, 1.165) is 117 Å². The maximum atomic E-state index is 12.6. The second-order valence-corrected chi connectivity index (χ2v) is 35.1. The minimum absolute atomic E-state index is 0.0953. The molecule has 3 amide bonds. The number of hydrogen-bond acceptors (Lipinski definition) is 24. The van der Waals surface area contributed by atoms with E-state index < -0.39 is 52.3 Å². The Hall–Kier alpha value is -7.00. The summed E-state index contributed by atoms with van der Waals surface area (Å²) in [6.07, 6.45) is 6.98. The number of carbonyl (C=O) groups excluding carboxylic acids is 6. The number of aryl methyl sites for hydroxylation is 2. The van der Waals surface area contributed by atoms with Gasteiger partial charge in [-0.25, -0.2) is 34.1 Å². The zero-order chi connectivity index (χ0) is 83.4. The fraction of sp³-hybridized carbons (Fsp3) is 0.550. The first-order chi connectivity index (χ1) is 50.9. The van der Waals surface area contributed by atoms with Gasteiger partial charge in [0.1, 0.15) is 45.6 Å². The lowest BCUT2D eigenvalue weighted by atomic mass is 9.74. The molecule has 110 heavy (non-hydrogen) atoms. The van der Waals surface area contributed by atoms with Crippen molar-refractivity contribution in [2.45, 2.75) is 228 Å². The zero-order valence-corrected chi connectivity index (χ0v) is 74.8. The maximum absolute atomic E-state index is 12.6. The summed E-state index contributed by atoms with van der Waals surface area (Å²) in [5.41, 5.74) is 11.7. The molecule has 0 unspecified atom stereocenters. The van der Waals surface area contributed by atoms with Gasteiger partial charge in [-0.3, -0.25) is 29.9 Å². The van der Waals surface area contributed by atoms with E-state index in [-0.39, 0.29) is 30.5 Å². The number of nitrogens with one attached hydrogen (secondary N) is 1. The Bertz CT molecular complexity index is 3910. The second kappa shape index (κ2) is 45.0. The standard InChI is InChI=1S/C17H23BrN2O6.C17H27N3O3.C12H16BrNO3.C12H19N3.2C9H13BrN2.C4H6O/c1-16(2,3)25-14(22)20(15(23)26-17(4,5)6)11-9-8-10(18)12(19-11)13(21)24-7;1-16(2,3)23-15(21)19-14-8-7-12(17(22)9-6-10-17)13(18-14)11-20(4)5;1-12(2,3)17-11(16)6-8-4-5-9(13)10(7-15)14-8;1-15(2)8-11-10(9-4-3-5-9)6-7-12(13)14-11;2*1-7-4-5-8(10)9(11-7)6-12(2)3;5-4-2-1-3-4/h8-9H,1-7H3;7-8,22H,6,9-11H2,1-5H3,(H,18,19,21);4-5,15H,6-7H2,1-3H3;6-7,9H,3-5,8H2,1-2H3,(H2,13,14);2*4-5H,6H2,1-3H3;1-3H2. The van der Waals surface area contributed by atoms with Gasteiger partial charge in [0.05, 0.1) is 64.4 Å². The molecule has 5 N–H and O–H groups in total. The van der Waals surface area contributed by atoms with Gasteiger partial charge in [0.25, 0.3) is 0 Å². The molecule has 0 bridgehead atoms. The van der Waals surface area contributed by atoms with Crippen molar-refractivity contribution in [2.24, 2.45) is 0 Å². The van der Waals surface area contributed by atoms with Crippen molar-refractivity contribution >= 4 is 117 Å². The summed E-state index contributed by atoms with van der Waals surface area (Å²) >= 11 is 13.4. The first-order valence-electron chi connectivity index (χ1n) is 36.2. The number of ether oxygens (including phenoxy) is 5. The number of amides is 3. The largest absolute Gasteiger partial charge is 0.464 e. The molecule has 9 rings (SSSR count). The predicted molar refractivity (Wildman–Crippen MR) is 444 cm³/mol. The summed E-state index contributed by atoms with van der Waals surface area (Å²) in [7, 11) is 17.4. The van der Waals surface area contributed by atoms with E-state index in [1.807, 2.05) is 139 Å². The van der Waals surface area contributed by atoms with Crippen molar-refractivity contribution < 1.29 is 62.7 Å². The third-order valence-electron chi connectivity index (χ3n) is 15.2. The molecule has 0 aromatic carbocycles. The highest BCUT2D eigenvalue weighted by Crippen LogP contribution is 2.43. The number of nitrogen functional groups attached to an aromatic ring is 1. The summed E-state index contributed by atoms with van der Waals surface area (Å²) < 4.78 is 28.9. The SMILES string of the molecule is CC(C)(C)OC(=O)Cc1ccc(Br)c(CO)n1.CN(C)Cc1nc(N)ccc1C1CCC1.CN(C)Cc1nc(NC(=O)OC(C)(C)C)ccc1C1(O)CCC1.COC(=O)c1nc(N(C(=O)OC(C)(C)C)C(=O)OC(C)(C)C)ccc1Br.Cc1ccc(Br)c(CN(C)C)n1.Cc1ccc(Br)c(CN(C)C)n1.O=C1CCC1. The number of carbonyl (C=O) groups is 6. The number of nitrogens with zero attached hydrogens (tertiary/aromatic N) is 11. The molecule has 6 aromatic heterocycles. The molecule has 3 fully saturated rings. The monoisotopic (exact) mass is 1780 g/mol. The van der Waals surface area contributed by atoms with Crippen LogP contribution in [0.15, 0.2) is 90.7 Å². The molecule has 3 aliphatic carbocycles. The van der Waals surface area contributed by atoms with Crippen LogP contribution in [0.2, 0.25) is 0 Å². The van der Waals surface area contributed by atoms with E-state index in [2.05, 4.69) is 139 Å². The molecule has 6 heterocycles. The number of esters is 2. The maximum Gasteiger partial charge on any atom is 0.425 e. The summed E-state index contributed by atoms with van der Waals surface area (Å²) in [6, 6.07) is 22.1. The molecule has 0 atom stereocenters. The van der Waals surface area contributed by atoms with Crippen molar-refractivity contribution in [2.75, 3.05) is 79.4 Å². The van der Waals surface area contributed by atoms with Crippen molar-refractivity contribution in [1.82, 2.24) is 49.5 Å². The predicted octanol–water partition coefficient (Wildman–Crippen LogP) is 16.6. The zero-order valence-electron chi connectivity index (χ0n) is 68.5. The van der Waals surface area contributed by atoms with Gasteiger partial charge in [-0.15, -0.1) is 0 Å². The third kappa shape index (κ3) is 37.1. The fourth-order valence-electron chi connectivity index (χ4n) is 9.92. The highest BCUT2D eigenvalue weighted by Gasteiger charge is 2.39. The smallest absolute Gasteiger partial charge is 0.425 e. The first-order valence-corrected chi connectivity index (χ1v) is 39.4. The van der Waals surface area contributed by atoms with Crippen LogP contribution in [0, 0.1) is 13.8 Å². The van der Waals surface area contributed by atoms with Gasteiger partial charge in [0.15, 0.2) is 5.69 Å². The number of imide groups is 1. The first kappa shape index (κ1) is 97.2. The number of rotatable bonds is 16. The van der Waals surface area contributed by atoms with Crippen molar-refractivity contribution in [1.29, 1.82) is 0 Å². The summed E-state index contributed by atoms with van der Waals surface area (Å²) in [5.74, 6) is 1.05. The Balaban J connectivity index is 0.000000344. The number of ketones is 1. The van der Waals surface area contributed by atoms with Crippen LogP contribution in [0.5, 0.6) is 0 Å². The van der Waals surface area contributed by atoms with Gasteiger partial charge in [-0.1, -0.05) is 18.6 Å². The van der Waals surface area contributed by atoms with Gasteiger partial charge in [-0.2, -0.15) is 4.90 Å². The minimum atomic E-state index is -0.975. The highest BCUT2D eigenvalue weighted by atomic mass is 79.9. The number of anilines is 3. The van der Waals surface area contributed by atoms with E-state index in [4.69, 9.17) is 29.8 Å². The molecule has 608 valence electrons. The van der Waals surface area contributed by atoms with E-state index >= 15 is 0 Å². The van der Waals surface area contributed by atoms with E-state index in [9.17, 15) is 33.9 Å². The molecular formula is C80H117Br4N13O13. The average molecular weight is 1790 g/mol. The average Bonchev–Trinajstić information content (AvgIpc) is 0.784. The number of aromatic nitrogens is 6. The fourth-order valence-corrected chi connectivity index (χ4v) is 11.3. The summed E-state index contributed by atoms with van der Waals surface area (Å²) in [4.78, 5) is 105. The number of pyridine rings is 6. The molecule has 0 saturated heterocycles. The Morgan fingerprint density at radius 3 is 1.40 bits per heavy atom. The number of aliphatic hydroxyl groups excluding tert-OH is 1. The highest BCUT2D eigenvalue weighted by molar-refractivity contribution is 9.11. The second-order valence-electron chi connectivity index (χ2n) is 31.6. The van der Waals surface area contributed by atoms with Gasteiger partial charge in [0, 0.05) is 69.4 Å². The number of hydrogen-bond donors (Lipinski definition) is 4. The van der Waals surface area contributed by atoms with Crippen LogP contribution in [-0.2, 0) is 78.1 Å². The lowest BCUT2D eigenvalue weighted by Gasteiger charge is -2.38. The Kier molecular flexibility index (Phi) is 39.8. The van der Waals surface area contributed by atoms with Gasteiger partial charge in [-0.05, 0) is 328 Å². The van der Waals surface area contributed by atoms with Gasteiger partial charge < -0.3 is 59.2 Å². The van der Waals surface area contributed by atoms with Crippen LogP contribution in [0.4, 0.5) is 31.8 Å². The van der Waals surface area contributed by atoms with Crippen LogP contribution < -0.4 is 16.0 Å². The van der Waals surface area contributed by atoms with Crippen LogP contribution >= 0.6 is 63.7 Å². The van der Waals surface area contributed by atoms with Crippen molar-refractivity contribution in [3.8, 4) is 0 Å². The van der Waals surface area contributed by atoms with Crippen molar-refractivity contribution in [3.63, 3.8) is 0 Å². The summed E-state index contributed by atoms with van der Waals surface area (Å²) in [6.45, 7) is 27.9. The molecule has 3 saturated carbocycles. The van der Waals surface area contributed by atoms with Gasteiger partial charge in [0.2, 0.25) is 0 Å². The molecule has 3 aliphatic rings. The number of halogens is 4. The van der Waals surface area contributed by atoms with E-state index in [1.165, 1.54) is 44.1 Å². The summed E-state index contributed by atoms with van der Waals surface area (Å²) in [5, 5.41) is 22.3. The molecule has 0 aliphatic heterocycles. The molecular weight excluding hydrogens is 1670 g/mol. The number of Topliss-reactive ketones (excluding diaryl/α,β-unsaturated/α-hetero) is 1. The molecule has 30 heteroatoms. The number of aliphatic hydroxyl groups is 2. The molecule has 0 spiro atoms. The Labute approximate surface area is 685 Å². The topological polar surface area (TPSA) is 321 Å². The number of methoxy groups -OCH3 is 1. The molecule has 6 aromatic rings. The lowest BCUT2D eigenvalue weighted by molar-refractivity contribution is -0.154. The van der Waals surface area contributed by atoms with Crippen LogP contribution in [0.1, 0.15) is 214 Å². The van der Waals surface area contributed by atoms with E-state index in [1.54, 1.807) is 59.7 Å². The molecule has 0 radical (unpaired) electrons. The van der Waals surface area contributed by atoms with Crippen LogP contribution in [-0.4, -0.2) is 182 Å². The van der Waals surface area contributed by atoms with Gasteiger partial charge >= 0.3 is 30.2 Å². The van der Waals surface area contributed by atoms with Crippen LogP contribution in [0.25, 0.3) is 0 Å². The van der Waals surface area contributed by atoms with E-state index in [0.29, 0.717) is 44.7 Å². The minimum Gasteiger partial charge on any atom is -0.464 e. The Morgan fingerprint density at radius 2 is 0.991 bits per heavy atom. The van der Waals surface area contributed by atoms with Crippen molar-refractivity contribution in [3.05, 3.63) is 153 Å². The number of nitrogens with two attached hydrogens (primary N) is 1. The Morgan fingerprint density at radius 1 is 0.536 bits per heavy atom.